The Bertz CT molecular complexity index is 549. The van der Waals surface area contributed by atoms with Gasteiger partial charge in [0.25, 0.3) is 0 Å². The van der Waals surface area contributed by atoms with Crippen molar-refractivity contribution < 1.29 is 19.8 Å². The Hall–Kier alpha value is -1.78. The van der Waals surface area contributed by atoms with E-state index in [1.807, 2.05) is 0 Å². The summed E-state index contributed by atoms with van der Waals surface area (Å²) in [7, 11) is 0. The van der Waals surface area contributed by atoms with Gasteiger partial charge in [0, 0.05) is 5.70 Å². The first-order valence-electron chi connectivity index (χ1n) is 10.7. The van der Waals surface area contributed by atoms with Crippen molar-refractivity contribution >= 4 is 11.9 Å². The van der Waals surface area contributed by atoms with E-state index in [1.54, 1.807) is 0 Å². The number of carboxylic acid groups (broad SMARTS) is 2. The van der Waals surface area contributed by atoms with Crippen LogP contribution in [-0.4, -0.2) is 22.2 Å². The number of rotatable bonds is 17. The highest BCUT2D eigenvalue weighted by molar-refractivity contribution is 6.03. The third-order valence-electron chi connectivity index (χ3n) is 5.10. The fraction of sp³-hybridized carbons (Fsp3) is 0.727. The molecule has 1 rings (SSSR count). The Balaban J connectivity index is 2.59. The van der Waals surface area contributed by atoms with E-state index in [2.05, 4.69) is 19.2 Å². The Morgan fingerprint density at radius 1 is 0.741 bits per heavy atom. The average Bonchev–Trinajstić information content (AvgIpc) is 3.38. The van der Waals surface area contributed by atoms with Crippen molar-refractivity contribution in [3.8, 4) is 0 Å². The first-order chi connectivity index (χ1) is 13.0. The molecule has 27 heavy (non-hydrogen) atoms. The first kappa shape index (κ1) is 23.3. The van der Waals surface area contributed by atoms with Crippen LogP contribution >= 0.6 is 0 Å². The highest BCUT2D eigenvalue weighted by Crippen LogP contribution is 2.32. The summed E-state index contributed by atoms with van der Waals surface area (Å²) in [5.41, 5.74) is 1.46. The molecular formula is C22H37NO4. The minimum absolute atomic E-state index is 0.0305. The summed E-state index contributed by atoms with van der Waals surface area (Å²) < 4.78 is 0. The van der Waals surface area contributed by atoms with Crippen molar-refractivity contribution in [1.29, 1.82) is 0 Å². The van der Waals surface area contributed by atoms with Gasteiger partial charge in [-0.1, -0.05) is 78.1 Å². The molecule has 1 aliphatic rings. The van der Waals surface area contributed by atoms with E-state index in [1.165, 1.54) is 38.5 Å². The van der Waals surface area contributed by atoms with Crippen LogP contribution in [0, 0.1) is 0 Å². The molecule has 0 aromatic carbocycles. The van der Waals surface area contributed by atoms with E-state index >= 15 is 0 Å². The average molecular weight is 380 g/mol. The van der Waals surface area contributed by atoms with E-state index in [9.17, 15) is 19.8 Å². The summed E-state index contributed by atoms with van der Waals surface area (Å²) in [6.45, 7) is 4.35. The third kappa shape index (κ3) is 9.12. The number of unbranched alkanes of at least 4 members (excludes halogenated alkanes) is 10. The molecule has 0 aromatic heterocycles. The zero-order valence-corrected chi connectivity index (χ0v) is 17.1. The number of nitrogens with one attached hydrogen (secondary N) is 1. The highest BCUT2D eigenvalue weighted by Gasteiger charge is 2.32. The molecule has 0 spiro atoms. The van der Waals surface area contributed by atoms with Gasteiger partial charge in [-0.2, -0.15) is 0 Å². The minimum atomic E-state index is -1.14. The quantitative estimate of drug-likeness (QED) is 0.220. The molecule has 1 aliphatic heterocycles. The van der Waals surface area contributed by atoms with E-state index < -0.39 is 11.9 Å². The molecule has 5 nitrogen and oxygen atoms in total. The molecule has 0 aliphatic carbocycles. The van der Waals surface area contributed by atoms with Crippen molar-refractivity contribution in [1.82, 2.24) is 5.32 Å². The fourth-order valence-electron chi connectivity index (χ4n) is 3.41. The normalized spacial score (nSPS) is 14.0. The molecule has 0 amide bonds. The van der Waals surface area contributed by atoms with Gasteiger partial charge in [0.05, 0.1) is 16.8 Å². The number of carboxylic acids is 2. The van der Waals surface area contributed by atoms with Gasteiger partial charge >= 0.3 is 11.9 Å². The van der Waals surface area contributed by atoms with E-state index in [-0.39, 0.29) is 11.1 Å². The van der Waals surface area contributed by atoms with Crippen molar-refractivity contribution in [2.75, 3.05) is 0 Å². The van der Waals surface area contributed by atoms with Crippen LogP contribution in [-0.2, 0) is 9.59 Å². The van der Waals surface area contributed by atoms with Crippen molar-refractivity contribution in [3.05, 3.63) is 22.5 Å². The van der Waals surface area contributed by atoms with Crippen LogP contribution in [0.1, 0.15) is 104 Å². The SMILES string of the molecule is CCCCCCCCC1=C(/C(C(=O)O)=C(\CCCCCCCC)C(=O)O)N1. The smallest absolute Gasteiger partial charge is 0.338 e. The molecule has 0 bridgehead atoms. The number of hydrogen-bond donors (Lipinski definition) is 3. The molecule has 0 unspecified atom stereocenters. The molecule has 0 radical (unpaired) electrons. The van der Waals surface area contributed by atoms with Gasteiger partial charge in [-0.25, -0.2) is 9.59 Å². The van der Waals surface area contributed by atoms with Crippen molar-refractivity contribution in [2.45, 2.75) is 104 Å². The molecule has 154 valence electrons. The van der Waals surface area contributed by atoms with Gasteiger partial charge in [0.15, 0.2) is 0 Å². The largest absolute Gasteiger partial charge is 0.478 e. The number of aliphatic carboxylic acids is 2. The van der Waals surface area contributed by atoms with Gasteiger partial charge in [0.2, 0.25) is 0 Å². The lowest BCUT2D eigenvalue weighted by molar-refractivity contribution is -0.135. The summed E-state index contributed by atoms with van der Waals surface area (Å²) >= 11 is 0. The molecular weight excluding hydrogens is 342 g/mol. The first-order valence-corrected chi connectivity index (χ1v) is 10.7. The standard InChI is InChI=1S/C22H37NO4/c1-3-5-7-9-11-13-15-17(21(24)25)19(22(26)27)20-18(23-20)16-14-12-10-8-6-4-2/h23H,3-16H2,1-2H3,(H,24,25)(H,26,27)/b19-17-. The maximum absolute atomic E-state index is 11.7. The molecule has 0 aromatic rings. The fourth-order valence-corrected chi connectivity index (χ4v) is 3.41. The van der Waals surface area contributed by atoms with Gasteiger partial charge in [-0.3, -0.25) is 0 Å². The molecule has 0 saturated carbocycles. The maximum Gasteiger partial charge on any atom is 0.338 e. The van der Waals surface area contributed by atoms with Crippen LogP contribution in [0.3, 0.4) is 0 Å². The second kappa shape index (κ2) is 13.4. The highest BCUT2D eigenvalue weighted by atomic mass is 16.4. The number of allylic oxidation sites excluding steroid dienone is 1. The van der Waals surface area contributed by atoms with E-state index in [4.69, 9.17) is 0 Å². The lowest BCUT2D eigenvalue weighted by Gasteiger charge is -2.06. The van der Waals surface area contributed by atoms with Crippen molar-refractivity contribution in [3.63, 3.8) is 0 Å². The van der Waals surface area contributed by atoms with E-state index in [0.717, 1.165) is 50.6 Å². The lowest BCUT2D eigenvalue weighted by atomic mass is 9.99. The lowest BCUT2D eigenvalue weighted by Crippen LogP contribution is -2.12. The Kier molecular flexibility index (Phi) is 11.5. The summed E-state index contributed by atoms with van der Waals surface area (Å²) in [6, 6.07) is 0. The second-order valence-corrected chi connectivity index (χ2v) is 7.48. The Labute approximate surface area is 163 Å². The Morgan fingerprint density at radius 3 is 1.78 bits per heavy atom. The van der Waals surface area contributed by atoms with E-state index in [0.29, 0.717) is 12.1 Å². The predicted octanol–water partition coefficient (Wildman–Crippen LogP) is 5.77. The summed E-state index contributed by atoms with van der Waals surface area (Å²) in [5, 5.41) is 22.1. The maximum atomic E-state index is 11.7. The monoisotopic (exact) mass is 379 g/mol. The predicted molar refractivity (Wildman–Crippen MR) is 108 cm³/mol. The molecule has 1 heterocycles. The van der Waals surface area contributed by atoms with Crippen LogP contribution in [0.25, 0.3) is 0 Å². The zero-order chi connectivity index (χ0) is 20.1. The topological polar surface area (TPSA) is 96.5 Å². The van der Waals surface area contributed by atoms with Gasteiger partial charge in [0.1, 0.15) is 0 Å². The van der Waals surface area contributed by atoms with Gasteiger partial charge in [-0.15, -0.1) is 0 Å². The summed E-state index contributed by atoms with van der Waals surface area (Å²) in [5.74, 6) is -2.25. The Morgan fingerprint density at radius 2 is 1.26 bits per heavy atom. The molecule has 0 atom stereocenters. The molecule has 0 saturated heterocycles. The zero-order valence-electron chi connectivity index (χ0n) is 17.1. The van der Waals surface area contributed by atoms with Gasteiger partial charge < -0.3 is 15.5 Å². The summed E-state index contributed by atoms with van der Waals surface area (Å²) in [6.07, 6.45) is 14.5. The van der Waals surface area contributed by atoms with Crippen LogP contribution in [0.2, 0.25) is 0 Å². The van der Waals surface area contributed by atoms with Crippen LogP contribution in [0.4, 0.5) is 0 Å². The summed E-state index contributed by atoms with van der Waals surface area (Å²) in [4.78, 5) is 23.3. The number of hydrogen-bond acceptors (Lipinski definition) is 3. The molecule has 3 N–H and O–H groups in total. The third-order valence-corrected chi connectivity index (χ3v) is 5.10. The van der Waals surface area contributed by atoms with Gasteiger partial charge in [-0.05, 0) is 25.7 Å². The van der Waals surface area contributed by atoms with Crippen LogP contribution in [0.5, 0.6) is 0 Å². The molecule has 5 heteroatoms. The minimum Gasteiger partial charge on any atom is -0.478 e. The number of carbonyl (C=O) groups is 2. The van der Waals surface area contributed by atoms with Crippen molar-refractivity contribution in [2.24, 2.45) is 0 Å². The second-order valence-electron chi connectivity index (χ2n) is 7.48. The van der Waals surface area contributed by atoms with Crippen LogP contribution in [0.15, 0.2) is 22.5 Å². The van der Waals surface area contributed by atoms with Crippen LogP contribution < -0.4 is 5.32 Å². The molecule has 0 fully saturated rings.